The summed E-state index contributed by atoms with van der Waals surface area (Å²) in [7, 11) is 0. The smallest absolute Gasteiger partial charge is 0.334 e. The summed E-state index contributed by atoms with van der Waals surface area (Å²) in [5.74, 6) is -1.34. The Kier molecular flexibility index (Phi) is 1.12. The summed E-state index contributed by atoms with van der Waals surface area (Å²) >= 11 is 0. The largest absolute Gasteiger partial charge is 0.391 e. The predicted octanol–water partition coefficient (Wildman–Crippen LogP) is -0.433. The molecule has 2 unspecified atom stereocenters. The summed E-state index contributed by atoms with van der Waals surface area (Å²) in [5.41, 5.74) is 4.73. The maximum atomic E-state index is 11.0. The van der Waals surface area contributed by atoms with Crippen LogP contribution in [0.1, 0.15) is 19.3 Å². The SMILES string of the molecule is NC12CCCC1C(=O)OC2=O. The molecule has 2 aliphatic rings. The lowest BCUT2D eigenvalue weighted by molar-refractivity contribution is -0.154. The number of carbonyl (C=O) groups excluding carboxylic acids is 2. The van der Waals surface area contributed by atoms with Crippen LogP contribution in [0.4, 0.5) is 0 Å². The van der Waals surface area contributed by atoms with E-state index in [1.807, 2.05) is 0 Å². The Morgan fingerprint density at radius 1 is 1.55 bits per heavy atom. The van der Waals surface area contributed by atoms with Gasteiger partial charge in [-0.3, -0.25) is 4.79 Å². The van der Waals surface area contributed by atoms with Gasteiger partial charge < -0.3 is 10.5 Å². The molecule has 1 saturated carbocycles. The highest BCUT2D eigenvalue weighted by atomic mass is 16.6. The van der Waals surface area contributed by atoms with E-state index < -0.39 is 17.5 Å². The number of carbonyl (C=O) groups is 2. The summed E-state index contributed by atoms with van der Waals surface area (Å²) in [6, 6.07) is 0. The highest BCUT2D eigenvalue weighted by molar-refractivity contribution is 6.02. The minimum absolute atomic E-state index is 0.366. The standard InChI is InChI=1S/C7H9NO3/c8-7-3-1-2-4(7)5(9)11-6(7)10/h4H,1-3,8H2. The van der Waals surface area contributed by atoms with Crippen molar-refractivity contribution in [3.63, 3.8) is 0 Å². The maximum absolute atomic E-state index is 11.0. The molecule has 0 aromatic carbocycles. The van der Waals surface area contributed by atoms with Crippen LogP contribution in [-0.4, -0.2) is 17.5 Å². The molecule has 60 valence electrons. The lowest BCUT2D eigenvalue weighted by Gasteiger charge is -2.14. The van der Waals surface area contributed by atoms with Crippen LogP contribution >= 0.6 is 0 Å². The molecule has 1 aliphatic carbocycles. The van der Waals surface area contributed by atoms with Gasteiger partial charge in [0.25, 0.3) is 0 Å². The van der Waals surface area contributed by atoms with Gasteiger partial charge in [-0.1, -0.05) is 6.42 Å². The molecule has 2 fully saturated rings. The van der Waals surface area contributed by atoms with E-state index in [4.69, 9.17) is 5.73 Å². The molecule has 0 aromatic heterocycles. The molecule has 0 amide bonds. The number of cyclic esters (lactones) is 2. The molecule has 4 nitrogen and oxygen atoms in total. The van der Waals surface area contributed by atoms with Crippen LogP contribution in [-0.2, 0) is 14.3 Å². The molecule has 4 heteroatoms. The van der Waals surface area contributed by atoms with E-state index in [1.54, 1.807) is 0 Å². The first-order valence-electron chi connectivity index (χ1n) is 3.69. The second-order valence-electron chi connectivity index (χ2n) is 3.19. The molecule has 2 atom stereocenters. The van der Waals surface area contributed by atoms with E-state index >= 15 is 0 Å². The molecule has 2 N–H and O–H groups in total. The average molecular weight is 155 g/mol. The fraction of sp³-hybridized carbons (Fsp3) is 0.714. The molecular formula is C7H9NO3. The summed E-state index contributed by atoms with van der Waals surface area (Å²) in [4.78, 5) is 22.0. The van der Waals surface area contributed by atoms with Crippen LogP contribution in [0.5, 0.6) is 0 Å². The first kappa shape index (κ1) is 6.79. The maximum Gasteiger partial charge on any atom is 0.334 e. The van der Waals surface area contributed by atoms with E-state index in [0.29, 0.717) is 12.8 Å². The summed E-state index contributed by atoms with van der Waals surface area (Å²) in [5, 5.41) is 0. The molecule has 11 heavy (non-hydrogen) atoms. The zero-order valence-corrected chi connectivity index (χ0v) is 6.00. The Bertz CT molecular complexity index is 238. The van der Waals surface area contributed by atoms with Gasteiger partial charge >= 0.3 is 11.9 Å². The number of ether oxygens (including phenoxy) is 1. The van der Waals surface area contributed by atoms with Crippen LogP contribution in [0, 0.1) is 5.92 Å². The Hall–Kier alpha value is -0.900. The van der Waals surface area contributed by atoms with Gasteiger partial charge in [0.2, 0.25) is 0 Å². The lowest BCUT2D eigenvalue weighted by Crippen LogP contribution is -2.46. The average Bonchev–Trinajstić information content (AvgIpc) is 2.39. The molecule has 0 bridgehead atoms. The van der Waals surface area contributed by atoms with Crippen LogP contribution in [0.25, 0.3) is 0 Å². The van der Waals surface area contributed by atoms with E-state index in [0.717, 1.165) is 6.42 Å². The molecule has 1 saturated heterocycles. The number of rotatable bonds is 0. The number of esters is 2. The third-order valence-corrected chi connectivity index (χ3v) is 2.56. The second-order valence-corrected chi connectivity index (χ2v) is 3.19. The van der Waals surface area contributed by atoms with E-state index in [9.17, 15) is 9.59 Å². The summed E-state index contributed by atoms with van der Waals surface area (Å²) in [6.45, 7) is 0. The minimum atomic E-state index is -0.975. The second kappa shape index (κ2) is 1.82. The van der Waals surface area contributed by atoms with Crippen LogP contribution in [0.2, 0.25) is 0 Å². The van der Waals surface area contributed by atoms with Gasteiger partial charge in [-0.25, -0.2) is 4.79 Å². The molecular weight excluding hydrogens is 146 g/mol. The number of nitrogens with two attached hydrogens (primary N) is 1. The molecule has 0 radical (unpaired) electrons. The molecule has 1 aliphatic heterocycles. The van der Waals surface area contributed by atoms with Crippen molar-refractivity contribution < 1.29 is 14.3 Å². The van der Waals surface area contributed by atoms with Gasteiger partial charge in [-0.05, 0) is 12.8 Å². The van der Waals surface area contributed by atoms with Crippen molar-refractivity contribution in [1.82, 2.24) is 0 Å². The van der Waals surface area contributed by atoms with Gasteiger partial charge in [0.15, 0.2) is 0 Å². The Balaban J connectivity index is 2.39. The molecule has 0 aromatic rings. The van der Waals surface area contributed by atoms with E-state index in [-0.39, 0.29) is 5.92 Å². The van der Waals surface area contributed by atoms with Crippen LogP contribution in [0.15, 0.2) is 0 Å². The summed E-state index contributed by atoms with van der Waals surface area (Å²) in [6.07, 6.45) is 2.13. The molecule has 1 heterocycles. The lowest BCUT2D eigenvalue weighted by atomic mass is 9.91. The Morgan fingerprint density at radius 2 is 2.27 bits per heavy atom. The molecule has 2 rings (SSSR count). The van der Waals surface area contributed by atoms with Crippen molar-refractivity contribution in [3.05, 3.63) is 0 Å². The van der Waals surface area contributed by atoms with Gasteiger partial charge in [-0.2, -0.15) is 0 Å². The zero-order chi connectivity index (χ0) is 8.06. The van der Waals surface area contributed by atoms with E-state index in [1.165, 1.54) is 0 Å². The zero-order valence-electron chi connectivity index (χ0n) is 6.00. The Morgan fingerprint density at radius 3 is 2.91 bits per heavy atom. The van der Waals surface area contributed by atoms with Crippen LogP contribution in [0.3, 0.4) is 0 Å². The topological polar surface area (TPSA) is 69.4 Å². The highest BCUT2D eigenvalue weighted by Crippen LogP contribution is 2.39. The van der Waals surface area contributed by atoms with Gasteiger partial charge in [-0.15, -0.1) is 0 Å². The van der Waals surface area contributed by atoms with Crippen molar-refractivity contribution in [2.45, 2.75) is 24.8 Å². The quantitative estimate of drug-likeness (QED) is 0.380. The van der Waals surface area contributed by atoms with E-state index in [2.05, 4.69) is 4.74 Å². The summed E-state index contributed by atoms with van der Waals surface area (Å²) < 4.78 is 4.43. The first-order chi connectivity index (χ1) is 5.14. The van der Waals surface area contributed by atoms with Gasteiger partial charge in [0.05, 0.1) is 5.92 Å². The fourth-order valence-electron chi connectivity index (χ4n) is 1.86. The normalized spacial score (nSPS) is 42.5. The van der Waals surface area contributed by atoms with Crippen molar-refractivity contribution in [1.29, 1.82) is 0 Å². The van der Waals surface area contributed by atoms with Gasteiger partial charge in [0, 0.05) is 0 Å². The monoisotopic (exact) mass is 155 g/mol. The number of fused-ring (bicyclic) bond motifs is 1. The Labute approximate surface area is 63.7 Å². The van der Waals surface area contributed by atoms with Crippen molar-refractivity contribution in [3.8, 4) is 0 Å². The third-order valence-electron chi connectivity index (χ3n) is 2.56. The first-order valence-corrected chi connectivity index (χ1v) is 3.69. The van der Waals surface area contributed by atoms with Crippen molar-refractivity contribution in [2.75, 3.05) is 0 Å². The van der Waals surface area contributed by atoms with Gasteiger partial charge in [0.1, 0.15) is 5.54 Å². The third kappa shape index (κ3) is 0.673. The number of hydrogen-bond donors (Lipinski definition) is 1. The molecule has 0 spiro atoms. The predicted molar refractivity (Wildman–Crippen MR) is 35.4 cm³/mol. The van der Waals surface area contributed by atoms with Crippen molar-refractivity contribution >= 4 is 11.9 Å². The highest BCUT2D eigenvalue weighted by Gasteiger charge is 2.57. The van der Waals surface area contributed by atoms with Crippen LogP contribution < -0.4 is 5.73 Å². The van der Waals surface area contributed by atoms with Crippen molar-refractivity contribution in [2.24, 2.45) is 11.7 Å². The minimum Gasteiger partial charge on any atom is -0.391 e. The number of hydrogen-bond acceptors (Lipinski definition) is 4. The fourth-order valence-corrected chi connectivity index (χ4v) is 1.86.